The molecule has 4 rings (SSSR count). The van der Waals surface area contributed by atoms with Crippen molar-refractivity contribution in [1.82, 2.24) is 15.2 Å². The van der Waals surface area contributed by atoms with Crippen LogP contribution in [0.3, 0.4) is 0 Å². The monoisotopic (exact) mass is 392 g/mol. The summed E-state index contributed by atoms with van der Waals surface area (Å²) in [7, 11) is 1.95. The van der Waals surface area contributed by atoms with Gasteiger partial charge in [-0.25, -0.2) is 4.98 Å². The molecule has 0 radical (unpaired) electrons. The number of nitrogens with zero attached hydrogens (tertiary/aromatic N) is 4. The zero-order valence-corrected chi connectivity index (χ0v) is 17.5. The Morgan fingerprint density at radius 3 is 2.66 bits per heavy atom. The minimum Gasteiger partial charge on any atom is -0.388 e. The summed E-state index contributed by atoms with van der Waals surface area (Å²) in [6.07, 6.45) is 1.91. The molecule has 0 aliphatic carbocycles. The van der Waals surface area contributed by atoms with Gasteiger partial charge in [0, 0.05) is 42.8 Å². The summed E-state index contributed by atoms with van der Waals surface area (Å²) in [5.41, 5.74) is 4.48. The number of fused-ring (bicyclic) bond motifs is 1. The first-order valence-corrected chi connectivity index (χ1v) is 10.1. The highest BCUT2D eigenvalue weighted by molar-refractivity contribution is 5.94. The van der Waals surface area contributed by atoms with Crippen LogP contribution in [0.4, 0.5) is 17.3 Å². The second-order valence-corrected chi connectivity index (χ2v) is 7.46. The highest BCUT2D eigenvalue weighted by atomic mass is 16.5. The summed E-state index contributed by atoms with van der Waals surface area (Å²) in [6.45, 7) is 9.43. The Bertz CT molecular complexity index is 1020. The van der Waals surface area contributed by atoms with Gasteiger partial charge in [0.05, 0.1) is 24.9 Å². The van der Waals surface area contributed by atoms with Crippen molar-refractivity contribution in [3.05, 3.63) is 47.3 Å². The van der Waals surface area contributed by atoms with Gasteiger partial charge in [0.15, 0.2) is 5.82 Å². The van der Waals surface area contributed by atoms with Crippen molar-refractivity contribution >= 4 is 28.1 Å². The van der Waals surface area contributed by atoms with Gasteiger partial charge in [-0.1, -0.05) is 12.1 Å². The lowest BCUT2D eigenvalue weighted by molar-refractivity contribution is 0.122. The van der Waals surface area contributed by atoms with Crippen LogP contribution in [0.5, 0.6) is 0 Å². The maximum absolute atomic E-state index is 5.47. The summed E-state index contributed by atoms with van der Waals surface area (Å²) in [5.74, 6) is 1.74. The number of anilines is 3. The van der Waals surface area contributed by atoms with Crippen LogP contribution in [0.2, 0.25) is 0 Å². The third-order valence-corrected chi connectivity index (χ3v) is 5.63. The summed E-state index contributed by atoms with van der Waals surface area (Å²) in [5, 5.41) is 17.7. The van der Waals surface area contributed by atoms with Gasteiger partial charge in [-0.3, -0.25) is 0 Å². The van der Waals surface area contributed by atoms with Gasteiger partial charge >= 0.3 is 0 Å². The van der Waals surface area contributed by atoms with Crippen molar-refractivity contribution in [2.45, 2.75) is 26.8 Å². The molecule has 7 nitrogen and oxygen atoms in total. The number of nitrogens with one attached hydrogen (secondary N) is 2. The van der Waals surface area contributed by atoms with E-state index in [0.717, 1.165) is 60.1 Å². The van der Waals surface area contributed by atoms with Crippen LogP contribution >= 0.6 is 0 Å². The standard InChI is InChI=1S/C22H28N6O/c1-14-17(6-5-7-20(14)23-4)15(2)25-22-18-12-21(28-8-10-29-11-9-28)24-13-19(18)16(3)26-27-22/h5-7,12-13,15,23H,8-11H2,1-4H3,(H,25,27)/t15-/m1/s1. The Morgan fingerprint density at radius 1 is 1.10 bits per heavy atom. The highest BCUT2D eigenvalue weighted by Crippen LogP contribution is 2.31. The van der Waals surface area contributed by atoms with Crippen LogP contribution in [-0.2, 0) is 4.74 Å². The first-order valence-electron chi connectivity index (χ1n) is 10.1. The first-order chi connectivity index (χ1) is 14.1. The lowest BCUT2D eigenvalue weighted by Gasteiger charge is -2.28. The van der Waals surface area contributed by atoms with Crippen LogP contribution in [0.1, 0.15) is 29.8 Å². The topological polar surface area (TPSA) is 75.2 Å². The number of morpholine rings is 1. The Kier molecular flexibility index (Phi) is 5.49. The lowest BCUT2D eigenvalue weighted by Crippen LogP contribution is -2.36. The molecule has 1 saturated heterocycles. The molecule has 3 heterocycles. The molecule has 152 valence electrons. The number of hydrogen-bond donors (Lipinski definition) is 2. The van der Waals surface area contributed by atoms with Gasteiger partial charge in [-0.15, -0.1) is 5.10 Å². The van der Waals surface area contributed by atoms with Gasteiger partial charge in [0.2, 0.25) is 0 Å². The minimum absolute atomic E-state index is 0.0866. The van der Waals surface area contributed by atoms with Crippen molar-refractivity contribution in [2.24, 2.45) is 0 Å². The van der Waals surface area contributed by atoms with Crippen LogP contribution in [-0.4, -0.2) is 48.5 Å². The van der Waals surface area contributed by atoms with Crippen LogP contribution in [0, 0.1) is 13.8 Å². The zero-order valence-electron chi connectivity index (χ0n) is 17.5. The molecule has 3 aromatic rings. The van der Waals surface area contributed by atoms with Gasteiger partial charge in [0.1, 0.15) is 5.82 Å². The fourth-order valence-corrected chi connectivity index (χ4v) is 3.91. The van der Waals surface area contributed by atoms with E-state index in [0.29, 0.717) is 0 Å². The fourth-order valence-electron chi connectivity index (χ4n) is 3.91. The maximum Gasteiger partial charge on any atom is 0.157 e. The second-order valence-electron chi connectivity index (χ2n) is 7.46. The van der Waals surface area contributed by atoms with E-state index in [1.807, 2.05) is 20.2 Å². The summed E-state index contributed by atoms with van der Waals surface area (Å²) in [6, 6.07) is 8.52. The second kappa shape index (κ2) is 8.21. The molecule has 1 atom stereocenters. The molecule has 7 heteroatoms. The SMILES string of the molecule is CNc1cccc([C@@H](C)Nc2nnc(C)c3cnc(N4CCOCC4)cc23)c1C. The zero-order chi connectivity index (χ0) is 20.4. The van der Waals surface area contributed by atoms with E-state index in [-0.39, 0.29) is 6.04 Å². The van der Waals surface area contributed by atoms with Crippen molar-refractivity contribution in [1.29, 1.82) is 0 Å². The van der Waals surface area contributed by atoms with Crippen LogP contribution < -0.4 is 15.5 Å². The average Bonchev–Trinajstić information content (AvgIpc) is 2.76. The van der Waals surface area contributed by atoms with Crippen LogP contribution in [0.15, 0.2) is 30.5 Å². The molecule has 0 amide bonds. The number of aryl methyl sites for hydroxylation is 1. The quantitative estimate of drug-likeness (QED) is 0.686. The average molecular weight is 393 g/mol. The third kappa shape index (κ3) is 3.82. The molecular weight excluding hydrogens is 364 g/mol. The number of rotatable bonds is 5. The summed E-state index contributed by atoms with van der Waals surface area (Å²) < 4.78 is 5.47. The van der Waals surface area contributed by atoms with E-state index in [4.69, 9.17) is 4.74 Å². The Labute approximate surface area is 171 Å². The highest BCUT2D eigenvalue weighted by Gasteiger charge is 2.17. The Hall–Kier alpha value is -2.93. The molecule has 0 unspecified atom stereocenters. The third-order valence-electron chi connectivity index (χ3n) is 5.63. The molecular formula is C22H28N6O. The molecule has 2 aromatic heterocycles. The molecule has 1 aromatic carbocycles. The van der Waals surface area contributed by atoms with Gasteiger partial charge in [0.25, 0.3) is 0 Å². The van der Waals surface area contributed by atoms with Crippen molar-refractivity contribution in [3.8, 4) is 0 Å². The van der Waals surface area contributed by atoms with E-state index in [2.05, 4.69) is 68.8 Å². The lowest BCUT2D eigenvalue weighted by atomic mass is 10.0. The van der Waals surface area contributed by atoms with Gasteiger partial charge in [-0.2, -0.15) is 5.10 Å². The van der Waals surface area contributed by atoms with E-state index >= 15 is 0 Å². The predicted octanol–water partition coefficient (Wildman–Crippen LogP) is 3.69. The van der Waals surface area contributed by atoms with Gasteiger partial charge < -0.3 is 20.3 Å². The van der Waals surface area contributed by atoms with E-state index in [1.165, 1.54) is 11.1 Å². The molecule has 29 heavy (non-hydrogen) atoms. The molecule has 0 saturated carbocycles. The smallest absolute Gasteiger partial charge is 0.157 e. The summed E-state index contributed by atoms with van der Waals surface area (Å²) in [4.78, 5) is 6.93. The predicted molar refractivity (Wildman–Crippen MR) is 118 cm³/mol. The molecule has 2 N–H and O–H groups in total. The normalized spacial score (nSPS) is 15.4. The van der Waals surface area contributed by atoms with E-state index < -0.39 is 0 Å². The van der Waals surface area contributed by atoms with Gasteiger partial charge in [-0.05, 0) is 44.0 Å². The number of hydrogen-bond acceptors (Lipinski definition) is 7. The van der Waals surface area contributed by atoms with Crippen molar-refractivity contribution in [3.63, 3.8) is 0 Å². The Balaban J connectivity index is 1.70. The Morgan fingerprint density at radius 2 is 1.90 bits per heavy atom. The number of pyridine rings is 1. The maximum atomic E-state index is 5.47. The van der Waals surface area contributed by atoms with Crippen molar-refractivity contribution < 1.29 is 4.74 Å². The first kappa shape index (κ1) is 19.4. The minimum atomic E-state index is 0.0866. The molecule has 0 bridgehead atoms. The number of ether oxygens (including phenoxy) is 1. The molecule has 1 aliphatic rings. The van der Waals surface area contributed by atoms with Crippen LogP contribution in [0.25, 0.3) is 10.8 Å². The number of aromatic nitrogens is 3. The number of benzene rings is 1. The van der Waals surface area contributed by atoms with Crippen molar-refractivity contribution in [2.75, 3.05) is 48.9 Å². The van der Waals surface area contributed by atoms with E-state index in [1.54, 1.807) is 0 Å². The largest absolute Gasteiger partial charge is 0.388 e. The molecule has 1 fully saturated rings. The fraction of sp³-hybridized carbons (Fsp3) is 0.409. The van der Waals surface area contributed by atoms with E-state index in [9.17, 15) is 0 Å². The molecule has 0 spiro atoms. The summed E-state index contributed by atoms with van der Waals surface area (Å²) >= 11 is 0. The molecule has 1 aliphatic heterocycles.